The van der Waals surface area contributed by atoms with Crippen molar-refractivity contribution in [2.45, 2.75) is 38.8 Å². The number of hydrogen-bond donors (Lipinski definition) is 1. The minimum Gasteiger partial charge on any atom is -0.379 e. The summed E-state index contributed by atoms with van der Waals surface area (Å²) in [6.45, 7) is 10.4. The topological polar surface area (TPSA) is 44.4 Å². The summed E-state index contributed by atoms with van der Waals surface area (Å²) in [5.74, 6) is 0.577. The SMILES string of the molecule is Cc1ccc(CN2CCC[C@@H](c3[nH]ncc3CN3CCOCC3)C2)s1. The number of aryl methyl sites for hydroxylation is 1. The monoisotopic (exact) mass is 360 g/mol. The predicted octanol–water partition coefficient (Wildman–Crippen LogP) is 2.99. The van der Waals surface area contributed by atoms with Crippen LogP contribution in [0.4, 0.5) is 0 Å². The second-order valence-electron chi connectivity index (χ2n) is 7.28. The van der Waals surface area contributed by atoms with E-state index < -0.39 is 0 Å². The Labute approximate surface area is 154 Å². The van der Waals surface area contributed by atoms with E-state index in [1.807, 2.05) is 17.5 Å². The molecule has 0 aliphatic carbocycles. The predicted molar refractivity (Wildman–Crippen MR) is 101 cm³/mol. The molecule has 0 amide bonds. The van der Waals surface area contributed by atoms with Gasteiger partial charge < -0.3 is 4.74 Å². The Hall–Kier alpha value is -1.21. The summed E-state index contributed by atoms with van der Waals surface area (Å²) in [5.41, 5.74) is 2.74. The van der Waals surface area contributed by atoms with E-state index in [4.69, 9.17) is 4.74 Å². The van der Waals surface area contributed by atoms with Crippen LogP contribution in [0, 0.1) is 6.92 Å². The van der Waals surface area contributed by atoms with Gasteiger partial charge in [-0.1, -0.05) is 0 Å². The summed E-state index contributed by atoms with van der Waals surface area (Å²) < 4.78 is 5.47. The van der Waals surface area contributed by atoms with E-state index in [-0.39, 0.29) is 0 Å². The maximum Gasteiger partial charge on any atom is 0.0594 e. The number of hydrogen-bond acceptors (Lipinski definition) is 5. The molecule has 1 atom stereocenters. The molecule has 0 saturated carbocycles. The van der Waals surface area contributed by atoms with E-state index >= 15 is 0 Å². The molecule has 0 spiro atoms. The first kappa shape index (κ1) is 17.2. The molecule has 2 aromatic heterocycles. The number of aromatic amines is 1. The fourth-order valence-corrected chi connectivity index (χ4v) is 4.96. The number of likely N-dealkylation sites (tertiary alicyclic amines) is 1. The third-order valence-electron chi connectivity index (χ3n) is 5.34. The summed E-state index contributed by atoms with van der Waals surface area (Å²) in [5, 5.41) is 7.70. The van der Waals surface area contributed by atoms with Gasteiger partial charge in [-0.25, -0.2) is 0 Å². The Bertz CT molecular complexity index is 677. The molecular formula is C19H28N4OS. The van der Waals surface area contributed by atoms with Crippen molar-refractivity contribution in [1.29, 1.82) is 0 Å². The largest absolute Gasteiger partial charge is 0.379 e. The first-order chi connectivity index (χ1) is 12.3. The van der Waals surface area contributed by atoms with Crippen molar-refractivity contribution in [2.75, 3.05) is 39.4 Å². The molecule has 6 heteroatoms. The molecule has 25 heavy (non-hydrogen) atoms. The maximum atomic E-state index is 5.47. The molecule has 5 nitrogen and oxygen atoms in total. The highest BCUT2D eigenvalue weighted by molar-refractivity contribution is 7.11. The van der Waals surface area contributed by atoms with Crippen LogP contribution in [0.3, 0.4) is 0 Å². The van der Waals surface area contributed by atoms with E-state index in [0.717, 1.165) is 45.9 Å². The van der Waals surface area contributed by atoms with Gasteiger partial charge in [0.1, 0.15) is 0 Å². The number of H-pyrrole nitrogens is 1. The molecule has 2 aliphatic heterocycles. The normalized spacial score (nSPS) is 23.2. The van der Waals surface area contributed by atoms with Gasteiger partial charge in [-0.15, -0.1) is 11.3 Å². The first-order valence-corrected chi connectivity index (χ1v) is 10.2. The quantitative estimate of drug-likeness (QED) is 0.890. The molecule has 2 fully saturated rings. The second-order valence-corrected chi connectivity index (χ2v) is 8.66. The fourth-order valence-electron chi connectivity index (χ4n) is 4.03. The van der Waals surface area contributed by atoms with E-state index in [0.29, 0.717) is 5.92 Å². The number of nitrogens with zero attached hydrogens (tertiary/aromatic N) is 3. The van der Waals surface area contributed by atoms with Gasteiger partial charge in [-0.2, -0.15) is 5.10 Å². The van der Waals surface area contributed by atoms with Gasteiger partial charge in [-0.05, 0) is 38.4 Å². The summed E-state index contributed by atoms with van der Waals surface area (Å²) in [6, 6.07) is 4.51. The summed E-state index contributed by atoms with van der Waals surface area (Å²) in [4.78, 5) is 7.98. The summed E-state index contributed by atoms with van der Waals surface area (Å²) in [7, 11) is 0. The van der Waals surface area contributed by atoms with E-state index in [2.05, 4.69) is 39.1 Å². The van der Waals surface area contributed by atoms with E-state index in [1.165, 1.54) is 40.4 Å². The second kappa shape index (κ2) is 7.99. The van der Waals surface area contributed by atoms with Crippen molar-refractivity contribution in [1.82, 2.24) is 20.0 Å². The van der Waals surface area contributed by atoms with Crippen LogP contribution in [0.1, 0.15) is 39.8 Å². The van der Waals surface area contributed by atoms with Crippen LogP contribution in [0.15, 0.2) is 18.3 Å². The molecule has 136 valence electrons. The summed E-state index contributed by atoms with van der Waals surface area (Å²) >= 11 is 1.93. The highest BCUT2D eigenvalue weighted by Crippen LogP contribution is 2.30. The van der Waals surface area contributed by atoms with Crippen LogP contribution in [0.5, 0.6) is 0 Å². The molecule has 0 aromatic carbocycles. The Morgan fingerprint density at radius 1 is 1.20 bits per heavy atom. The molecule has 1 N–H and O–H groups in total. The van der Waals surface area contributed by atoms with Crippen LogP contribution >= 0.6 is 11.3 Å². The van der Waals surface area contributed by atoms with Gasteiger partial charge >= 0.3 is 0 Å². The molecule has 2 aromatic rings. The van der Waals surface area contributed by atoms with Gasteiger partial charge in [-0.3, -0.25) is 14.9 Å². The number of nitrogens with one attached hydrogen (secondary N) is 1. The Kier molecular flexibility index (Phi) is 5.51. The van der Waals surface area contributed by atoms with Crippen molar-refractivity contribution in [2.24, 2.45) is 0 Å². The Morgan fingerprint density at radius 2 is 2.08 bits per heavy atom. The molecule has 0 bridgehead atoms. The Balaban J connectivity index is 1.40. The molecule has 4 heterocycles. The zero-order valence-corrected chi connectivity index (χ0v) is 15.9. The van der Waals surface area contributed by atoms with Gasteiger partial charge in [0, 0.05) is 59.7 Å². The Morgan fingerprint density at radius 3 is 2.88 bits per heavy atom. The third kappa shape index (κ3) is 4.31. The van der Waals surface area contributed by atoms with Crippen LogP contribution < -0.4 is 0 Å². The van der Waals surface area contributed by atoms with Gasteiger partial charge in [0.15, 0.2) is 0 Å². The summed E-state index contributed by atoms with van der Waals surface area (Å²) in [6.07, 6.45) is 4.57. The van der Waals surface area contributed by atoms with Crippen molar-refractivity contribution >= 4 is 11.3 Å². The van der Waals surface area contributed by atoms with Gasteiger partial charge in [0.05, 0.1) is 19.4 Å². The molecule has 2 aliphatic rings. The minimum atomic E-state index is 0.577. The number of thiophene rings is 1. The lowest BCUT2D eigenvalue weighted by molar-refractivity contribution is 0.0339. The highest BCUT2D eigenvalue weighted by Gasteiger charge is 2.25. The highest BCUT2D eigenvalue weighted by atomic mass is 32.1. The molecule has 2 saturated heterocycles. The molecule has 0 radical (unpaired) electrons. The smallest absolute Gasteiger partial charge is 0.0594 e. The number of aromatic nitrogens is 2. The zero-order valence-electron chi connectivity index (χ0n) is 15.0. The lowest BCUT2D eigenvalue weighted by Crippen LogP contribution is -2.37. The van der Waals surface area contributed by atoms with Crippen molar-refractivity contribution in [3.8, 4) is 0 Å². The number of rotatable bonds is 5. The number of piperidine rings is 1. The molecule has 0 unspecified atom stereocenters. The number of morpholine rings is 1. The fraction of sp³-hybridized carbons (Fsp3) is 0.632. The molecular weight excluding hydrogens is 332 g/mol. The zero-order chi connectivity index (χ0) is 17.1. The van der Waals surface area contributed by atoms with Crippen molar-refractivity contribution in [3.63, 3.8) is 0 Å². The third-order valence-corrected chi connectivity index (χ3v) is 6.32. The lowest BCUT2D eigenvalue weighted by atomic mass is 9.92. The van der Waals surface area contributed by atoms with Gasteiger partial charge in [0.25, 0.3) is 0 Å². The van der Waals surface area contributed by atoms with Crippen LogP contribution in [0.2, 0.25) is 0 Å². The van der Waals surface area contributed by atoms with E-state index in [1.54, 1.807) is 0 Å². The van der Waals surface area contributed by atoms with Gasteiger partial charge in [0.2, 0.25) is 0 Å². The average molecular weight is 361 g/mol. The standard InChI is InChI=1S/C19H28N4OS/c1-15-4-5-18(25-15)14-23-6-2-3-16(12-23)19-17(11-20-21-19)13-22-7-9-24-10-8-22/h4-5,11,16H,2-3,6-10,12-14H2,1H3,(H,20,21)/t16-/m1/s1. The van der Waals surface area contributed by atoms with Crippen molar-refractivity contribution in [3.05, 3.63) is 39.3 Å². The molecule has 4 rings (SSSR count). The minimum absolute atomic E-state index is 0.577. The van der Waals surface area contributed by atoms with Crippen LogP contribution in [0.25, 0.3) is 0 Å². The lowest BCUT2D eigenvalue weighted by Gasteiger charge is -2.33. The van der Waals surface area contributed by atoms with Crippen LogP contribution in [-0.2, 0) is 17.8 Å². The van der Waals surface area contributed by atoms with Crippen molar-refractivity contribution < 1.29 is 4.74 Å². The first-order valence-electron chi connectivity index (χ1n) is 9.38. The van der Waals surface area contributed by atoms with Crippen LogP contribution in [-0.4, -0.2) is 59.4 Å². The maximum absolute atomic E-state index is 5.47. The number of ether oxygens (including phenoxy) is 1. The average Bonchev–Trinajstić information content (AvgIpc) is 3.25. The van der Waals surface area contributed by atoms with E-state index in [9.17, 15) is 0 Å².